The first kappa shape index (κ1) is 13.4. The highest BCUT2D eigenvalue weighted by Gasteiger charge is 2.18. The van der Waals surface area contributed by atoms with Crippen molar-refractivity contribution in [1.29, 1.82) is 0 Å². The van der Waals surface area contributed by atoms with Gasteiger partial charge in [-0.2, -0.15) is 0 Å². The second kappa shape index (κ2) is 5.73. The van der Waals surface area contributed by atoms with Gasteiger partial charge in [-0.05, 0) is 12.1 Å². The summed E-state index contributed by atoms with van der Waals surface area (Å²) < 4.78 is 0. The average molecular weight is 271 g/mol. The molecule has 1 aliphatic rings. The Morgan fingerprint density at radius 2 is 2.00 bits per heavy atom. The Kier molecular flexibility index (Phi) is 4.26. The molecule has 18 heavy (non-hydrogen) atoms. The summed E-state index contributed by atoms with van der Waals surface area (Å²) in [5.74, 6) is 5.35. The standard InChI is InChI=1S/C11H19ClN6/c12-7-5-8(11(14)17-15)10(13)9(6-7)18-3-1-16-2-4-18/h5-6,11,16-17H,1-4,13-15H2. The highest BCUT2D eigenvalue weighted by molar-refractivity contribution is 6.31. The lowest BCUT2D eigenvalue weighted by Gasteiger charge is -2.31. The van der Waals surface area contributed by atoms with E-state index in [1.54, 1.807) is 6.07 Å². The van der Waals surface area contributed by atoms with E-state index in [0.717, 1.165) is 37.4 Å². The first-order chi connectivity index (χ1) is 8.63. The fourth-order valence-corrected chi connectivity index (χ4v) is 2.36. The topological polar surface area (TPSA) is 105 Å². The lowest BCUT2D eigenvalue weighted by atomic mass is 10.1. The van der Waals surface area contributed by atoms with Crippen molar-refractivity contribution in [2.75, 3.05) is 36.8 Å². The molecule has 2 rings (SSSR count). The predicted octanol–water partition coefficient (Wildman–Crippen LogP) is -0.248. The lowest BCUT2D eigenvalue weighted by Crippen LogP contribution is -2.44. The molecule has 0 radical (unpaired) electrons. The average Bonchev–Trinajstić information content (AvgIpc) is 2.41. The molecule has 0 spiro atoms. The minimum atomic E-state index is -0.523. The van der Waals surface area contributed by atoms with Crippen LogP contribution in [-0.2, 0) is 0 Å². The molecule has 1 aromatic carbocycles. The summed E-state index contributed by atoms with van der Waals surface area (Å²) in [6.45, 7) is 3.66. The Morgan fingerprint density at radius 1 is 1.33 bits per heavy atom. The van der Waals surface area contributed by atoms with Crippen LogP contribution in [0.2, 0.25) is 5.02 Å². The normalized spacial score (nSPS) is 17.8. The Morgan fingerprint density at radius 3 is 2.61 bits per heavy atom. The van der Waals surface area contributed by atoms with E-state index in [1.165, 1.54) is 0 Å². The number of piperazine rings is 1. The van der Waals surface area contributed by atoms with Crippen LogP contribution in [0.15, 0.2) is 12.1 Å². The van der Waals surface area contributed by atoms with Crippen LogP contribution in [0.25, 0.3) is 0 Å². The number of benzene rings is 1. The number of hydrogen-bond donors (Lipinski definition) is 5. The first-order valence-electron chi connectivity index (χ1n) is 5.89. The summed E-state index contributed by atoms with van der Waals surface area (Å²) >= 11 is 6.12. The SMILES string of the molecule is NNC(N)c1cc(Cl)cc(N2CCNCC2)c1N. The third-order valence-electron chi connectivity index (χ3n) is 3.13. The minimum absolute atomic E-state index is 0.523. The maximum atomic E-state index is 6.16. The van der Waals surface area contributed by atoms with Crippen molar-refractivity contribution in [2.24, 2.45) is 11.6 Å². The number of rotatable bonds is 3. The van der Waals surface area contributed by atoms with Crippen molar-refractivity contribution in [3.05, 3.63) is 22.7 Å². The zero-order valence-electron chi connectivity index (χ0n) is 10.1. The largest absolute Gasteiger partial charge is 0.397 e. The van der Waals surface area contributed by atoms with Gasteiger partial charge in [0.1, 0.15) is 0 Å². The van der Waals surface area contributed by atoms with Crippen LogP contribution in [-0.4, -0.2) is 26.2 Å². The van der Waals surface area contributed by atoms with Gasteiger partial charge in [-0.3, -0.25) is 5.84 Å². The van der Waals surface area contributed by atoms with E-state index in [2.05, 4.69) is 15.6 Å². The minimum Gasteiger partial charge on any atom is -0.397 e. The number of nitrogens with one attached hydrogen (secondary N) is 2. The molecule has 1 atom stereocenters. The number of halogens is 1. The molecule has 1 saturated heterocycles. The van der Waals surface area contributed by atoms with E-state index < -0.39 is 6.17 Å². The molecule has 7 heteroatoms. The van der Waals surface area contributed by atoms with Crippen molar-refractivity contribution in [3.63, 3.8) is 0 Å². The van der Waals surface area contributed by atoms with Crippen molar-refractivity contribution in [3.8, 4) is 0 Å². The Bertz CT molecular complexity index is 418. The lowest BCUT2D eigenvalue weighted by molar-refractivity contribution is 0.575. The highest BCUT2D eigenvalue weighted by Crippen LogP contribution is 2.33. The van der Waals surface area contributed by atoms with Crippen LogP contribution in [0.3, 0.4) is 0 Å². The van der Waals surface area contributed by atoms with Crippen LogP contribution < -0.4 is 33.0 Å². The van der Waals surface area contributed by atoms with Crippen molar-refractivity contribution < 1.29 is 0 Å². The third kappa shape index (κ3) is 2.68. The molecule has 1 aliphatic heterocycles. The van der Waals surface area contributed by atoms with Gasteiger partial charge in [0.2, 0.25) is 0 Å². The van der Waals surface area contributed by atoms with Gasteiger partial charge < -0.3 is 21.7 Å². The molecule has 0 aromatic heterocycles. The van der Waals surface area contributed by atoms with E-state index in [9.17, 15) is 0 Å². The molecular formula is C11H19ClN6. The van der Waals surface area contributed by atoms with Gasteiger partial charge in [0.05, 0.1) is 17.5 Å². The molecule has 1 unspecified atom stereocenters. The third-order valence-corrected chi connectivity index (χ3v) is 3.35. The molecule has 1 aromatic rings. The number of anilines is 2. The second-order valence-corrected chi connectivity index (χ2v) is 4.75. The highest BCUT2D eigenvalue weighted by atomic mass is 35.5. The predicted molar refractivity (Wildman–Crippen MR) is 75.2 cm³/mol. The molecule has 1 heterocycles. The summed E-state index contributed by atoms with van der Waals surface area (Å²) in [4.78, 5) is 2.20. The number of nitrogen functional groups attached to an aromatic ring is 1. The van der Waals surface area contributed by atoms with E-state index in [4.69, 9.17) is 28.9 Å². The molecule has 1 fully saturated rings. The Hall–Kier alpha value is -1.05. The molecule has 8 N–H and O–H groups in total. The number of hydrogen-bond acceptors (Lipinski definition) is 6. The summed E-state index contributed by atoms with van der Waals surface area (Å²) in [5.41, 5.74) is 16.8. The van der Waals surface area contributed by atoms with Crippen molar-refractivity contribution in [1.82, 2.24) is 10.7 Å². The van der Waals surface area contributed by atoms with Gasteiger partial charge >= 0.3 is 0 Å². The fraction of sp³-hybridized carbons (Fsp3) is 0.455. The van der Waals surface area contributed by atoms with Gasteiger partial charge in [0, 0.05) is 36.8 Å². The van der Waals surface area contributed by atoms with Crippen molar-refractivity contribution >= 4 is 23.0 Å². The molecule has 100 valence electrons. The summed E-state index contributed by atoms with van der Waals surface area (Å²) in [6.07, 6.45) is -0.523. The Labute approximate surface area is 111 Å². The maximum Gasteiger partial charge on any atom is 0.0957 e. The van der Waals surface area contributed by atoms with Gasteiger partial charge in [-0.15, -0.1) is 0 Å². The summed E-state index contributed by atoms with van der Waals surface area (Å²) in [5, 5.41) is 3.90. The van der Waals surface area contributed by atoms with Crippen LogP contribution >= 0.6 is 11.6 Å². The zero-order valence-corrected chi connectivity index (χ0v) is 10.9. The fourth-order valence-electron chi connectivity index (χ4n) is 2.14. The van der Waals surface area contributed by atoms with Gasteiger partial charge in [0.15, 0.2) is 0 Å². The van der Waals surface area contributed by atoms with Crippen molar-refractivity contribution in [2.45, 2.75) is 6.17 Å². The van der Waals surface area contributed by atoms with Crippen LogP contribution in [0.5, 0.6) is 0 Å². The monoisotopic (exact) mass is 270 g/mol. The zero-order chi connectivity index (χ0) is 13.1. The maximum absolute atomic E-state index is 6.16. The number of nitrogens with two attached hydrogens (primary N) is 3. The van der Waals surface area contributed by atoms with E-state index >= 15 is 0 Å². The number of nitrogens with zero attached hydrogens (tertiary/aromatic N) is 1. The summed E-state index contributed by atoms with van der Waals surface area (Å²) in [7, 11) is 0. The van der Waals surface area contributed by atoms with Gasteiger partial charge in [0.25, 0.3) is 0 Å². The van der Waals surface area contributed by atoms with Gasteiger partial charge in [-0.1, -0.05) is 11.6 Å². The first-order valence-corrected chi connectivity index (χ1v) is 6.27. The van der Waals surface area contributed by atoms with E-state index in [1.807, 2.05) is 6.07 Å². The molecule has 0 amide bonds. The van der Waals surface area contributed by atoms with Crippen LogP contribution in [0, 0.1) is 0 Å². The summed E-state index contributed by atoms with van der Waals surface area (Å²) in [6, 6.07) is 3.61. The molecule has 6 nitrogen and oxygen atoms in total. The molecule has 0 saturated carbocycles. The van der Waals surface area contributed by atoms with E-state index in [-0.39, 0.29) is 0 Å². The molecule has 0 bridgehead atoms. The van der Waals surface area contributed by atoms with Gasteiger partial charge in [-0.25, -0.2) is 5.43 Å². The smallest absolute Gasteiger partial charge is 0.0957 e. The number of hydrazine groups is 1. The second-order valence-electron chi connectivity index (χ2n) is 4.31. The molecular weight excluding hydrogens is 252 g/mol. The Balaban J connectivity index is 2.37. The van der Waals surface area contributed by atoms with Crippen LogP contribution in [0.4, 0.5) is 11.4 Å². The molecule has 0 aliphatic carbocycles. The van der Waals surface area contributed by atoms with Crippen LogP contribution in [0.1, 0.15) is 11.7 Å². The quantitative estimate of drug-likeness (QED) is 0.225. The van der Waals surface area contributed by atoms with E-state index in [0.29, 0.717) is 10.7 Å².